The number of aliphatic hydroxyl groups is 1. The minimum Gasteiger partial charge on any atom is -0.387 e. The molecule has 0 aliphatic carbocycles. The third-order valence-corrected chi connectivity index (χ3v) is 2.16. The Hall–Kier alpha value is -1.37. The molecule has 3 nitrogen and oxygen atoms in total. The lowest BCUT2D eigenvalue weighted by Gasteiger charge is -2.11. The molecule has 0 heterocycles. The molecule has 0 radical (unpaired) electrons. The van der Waals surface area contributed by atoms with Crippen molar-refractivity contribution < 1.29 is 5.11 Å². The van der Waals surface area contributed by atoms with E-state index in [1.165, 1.54) is 0 Å². The van der Waals surface area contributed by atoms with E-state index in [4.69, 9.17) is 5.26 Å². The second-order valence-corrected chi connectivity index (χ2v) is 3.39. The van der Waals surface area contributed by atoms with Crippen LogP contribution in [0.2, 0.25) is 0 Å². The zero-order valence-corrected chi connectivity index (χ0v) is 8.69. The van der Waals surface area contributed by atoms with Gasteiger partial charge in [-0.25, -0.2) is 0 Å². The van der Waals surface area contributed by atoms with E-state index in [-0.39, 0.29) is 0 Å². The molecule has 0 spiro atoms. The number of aliphatic hydroxyl groups excluding tert-OH is 1. The van der Waals surface area contributed by atoms with E-state index in [1.54, 1.807) is 0 Å². The number of unbranched alkanes of at least 4 members (excludes halogenated alkanes) is 1. The van der Waals surface area contributed by atoms with Gasteiger partial charge in [0.25, 0.3) is 0 Å². The standard InChI is InChI=1S/C12H16N2O/c13-8-4-5-9-14-10-12(15)11-6-2-1-3-7-11/h1-3,6-7,12,14-15H,4-5,9-10H2. The Kier molecular flexibility index (Phi) is 5.46. The average Bonchev–Trinajstić information content (AvgIpc) is 2.30. The second-order valence-electron chi connectivity index (χ2n) is 3.39. The van der Waals surface area contributed by atoms with Crippen molar-refractivity contribution in [1.82, 2.24) is 5.32 Å². The molecule has 1 aromatic rings. The van der Waals surface area contributed by atoms with Gasteiger partial charge in [-0.1, -0.05) is 30.3 Å². The first kappa shape index (κ1) is 11.7. The Morgan fingerprint density at radius 1 is 1.33 bits per heavy atom. The van der Waals surface area contributed by atoms with Gasteiger partial charge < -0.3 is 10.4 Å². The van der Waals surface area contributed by atoms with Crippen molar-refractivity contribution in [3.05, 3.63) is 35.9 Å². The lowest BCUT2D eigenvalue weighted by Crippen LogP contribution is -2.22. The van der Waals surface area contributed by atoms with Crippen LogP contribution in [0.3, 0.4) is 0 Å². The smallest absolute Gasteiger partial charge is 0.0914 e. The zero-order chi connectivity index (χ0) is 10.9. The van der Waals surface area contributed by atoms with Crippen LogP contribution in [0, 0.1) is 11.3 Å². The first-order valence-electron chi connectivity index (χ1n) is 5.15. The Morgan fingerprint density at radius 2 is 2.07 bits per heavy atom. The zero-order valence-electron chi connectivity index (χ0n) is 8.69. The van der Waals surface area contributed by atoms with E-state index in [1.807, 2.05) is 30.3 Å². The highest BCUT2D eigenvalue weighted by atomic mass is 16.3. The van der Waals surface area contributed by atoms with Crippen molar-refractivity contribution in [2.45, 2.75) is 18.9 Å². The summed E-state index contributed by atoms with van der Waals surface area (Å²) in [7, 11) is 0. The first-order valence-corrected chi connectivity index (χ1v) is 5.15. The molecular weight excluding hydrogens is 188 g/mol. The molecular formula is C12H16N2O. The summed E-state index contributed by atoms with van der Waals surface area (Å²) >= 11 is 0. The Bertz CT molecular complexity index is 305. The van der Waals surface area contributed by atoms with E-state index in [2.05, 4.69) is 11.4 Å². The number of hydrogen-bond acceptors (Lipinski definition) is 3. The lowest BCUT2D eigenvalue weighted by atomic mass is 10.1. The Labute approximate surface area is 90.4 Å². The Balaban J connectivity index is 2.20. The fourth-order valence-corrected chi connectivity index (χ4v) is 1.32. The fraction of sp³-hybridized carbons (Fsp3) is 0.417. The van der Waals surface area contributed by atoms with Gasteiger partial charge in [-0.3, -0.25) is 0 Å². The summed E-state index contributed by atoms with van der Waals surface area (Å²) in [6.45, 7) is 1.31. The van der Waals surface area contributed by atoms with Crippen LogP contribution < -0.4 is 5.32 Å². The van der Waals surface area contributed by atoms with Crippen LogP contribution in [0.25, 0.3) is 0 Å². The van der Waals surface area contributed by atoms with E-state index in [0.717, 1.165) is 18.5 Å². The molecule has 0 fully saturated rings. The van der Waals surface area contributed by atoms with Gasteiger partial charge in [0.05, 0.1) is 12.2 Å². The normalized spacial score (nSPS) is 12.0. The highest BCUT2D eigenvalue weighted by Crippen LogP contribution is 2.10. The number of nitrogens with one attached hydrogen (secondary N) is 1. The second kappa shape index (κ2) is 6.99. The summed E-state index contributed by atoms with van der Waals surface area (Å²) in [6.07, 6.45) is 0.931. The maximum absolute atomic E-state index is 9.75. The molecule has 1 rings (SSSR count). The van der Waals surface area contributed by atoms with E-state index in [0.29, 0.717) is 13.0 Å². The molecule has 0 saturated carbocycles. The Morgan fingerprint density at radius 3 is 2.73 bits per heavy atom. The van der Waals surface area contributed by atoms with Gasteiger partial charge in [-0.2, -0.15) is 5.26 Å². The van der Waals surface area contributed by atoms with Gasteiger partial charge in [0.1, 0.15) is 0 Å². The largest absolute Gasteiger partial charge is 0.387 e. The van der Waals surface area contributed by atoms with Gasteiger partial charge >= 0.3 is 0 Å². The molecule has 3 heteroatoms. The van der Waals surface area contributed by atoms with Gasteiger partial charge in [0.15, 0.2) is 0 Å². The van der Waals surface area contributed by atoms with Crippen LogP contribution in [0.15, 0.2) is 30.3 Å². The molecule has 1 aromatic carbocycles. The van der Waals surface area contributed by atoms with Crippen molar-refractivity contribution >= 4 is 0 Å². The number of nitrogens with zero attached hydrogens (tertiary/aromatic N) is 1. The van der Waals surface area contributed by atoms with Crippen molar-refractivity contribution in [2.24, 2.45) is 0 Å². The monoisotopic (exact) mass is 204 g/mol. The van der Waals surface area contributed by atoms with E-state index < -0.39 is 6.10 Å². The van der Waals surface area contributed by atoms with Gasteiger partial charge in [0, 0.05) is 13.0 Å². The highest BCUT2D eigenvalue weighted by Gasteiger charge is 2.04. The molecule has 1 atom stereocenters. The van der Waals surface area contributed by atoms with Crippen LogP contribution in [-0.4, -0.2) is 18.2 Å². The van der Waals surface area contributed by atoms with Gasteiger partial charge in [-0.15, -0.1) is 0 Å². The minimum absolute atomic E-state index is 0.465. The lowest BCUT2D eigenvalue weighted by molar-refractivity contribution is 0.175. The average molecular weight is 204 g/mol. The van der Waals surface area contributed by atoms with Gasteiger partial charge in [-0.05, 0) is 18.5 Å². The van der Waals surface area contributed by atoms with Crippen LogP contribution in [0.4, 0.5) is 0 Å². The summed E-state index contributed by atoms with van der Waals surface area (Å²) in [4.78, 5) is 0. The fourth-order valence-electron chi connectivity index (χ4n) is 1.32. The molecule has 15 heavy (non-hydrogen) atoms. The molecule has 0 aliphatic heterocycles. The third kappa shape index (κ3) is 4.59. The predicted molar refractivity (Wildman–Crippen MR) is 59.1 cm³/mol. The molecule has 80 valence electrons. The number of rotatable bonds is 6. The summed E-state index contributed by atoms with van der Waals surface area (Å²) in [6, 6.07) is 11.6. The highest BCUT2D eigenvalue weighted by molar-refractivity contribution is 5.17. The van der Waals surface area contributed by atoms with Crippen molar-refractivity contribution in [3.8, 4) is 6.07 Å². The third-order valence-electron chi connectivity index (χ3n) is 2.16. The van der Waals surface area contributed by atoms with Crippen molar-refractivity contribution in [2.75, 3.05) is 13.1 Å². The summed E-state index contributed by atoms with van der Waals surface area (Å²) in [5.41, 5.74) is 0.922. The van der Waals surface area contributed by atoms with E-state index >= 15 is 0 Å². The number of nitriles is 1. The molecule has 0 saturated heterocycles. The number of hydrogen-bond donors (Lipinski definition) is 2. The summed E-state index contributed by atoms with van der Waals surface area (Å²) in [5.74, 6) is 0. The molecule has 0 amide bonds. The predicted octanol–water partition coefficient (Wildman–Crippen LogP) is 1.61. The first-order chi connectivity index (χ1) is 7.34. The van der Waals surface area contributed by atoms with Crippen LogP contribution >= 0.6 is 0 Å². The SMILES string of the molecule is N#CCCCNCC(O)c1ccccc1. The summed E-state index contributed by atoms with van der Waals surface area (Å²) < 4.78 is 0. The topological polar surface area (TPSA) is 56.0 Å². The maximum atomic E-state index is 9.75. The minimum atomic E-state index is -0.465. The van der Waals surface area contributed by atoms with Gasteiger partial charge in [0.2, 0.25) is 0 Å². The van der Waals surface area contributed by atoms with Crippen molar-refractivity contribution in [3.63, 3.8) is 0 Å². The molecule has 0 bridgehead atoms. The molecule has 0 aromatic heterocycles. The van der Waals surface area contributed by atoms with E-state index in [9.17, 15) is 5.11 Å². The van der Waals surface area contributed by atoms with Crippen LogP contribution in [0.5, 0.6) is 0 Å². The van der Waals surface area contributed by atoms with Crippen LogP contribution in [-0.2, 0) is 0 Å². The maximum Gasteiger partial charge on any atom is 0.0914 e. The summed E-state index contributed by atoms with van der Waals surface area (Å²) in [5, 5.41) is 21.2. The number of benzene rings is 1. The quantitative estimate of drug-likeness (QED) is 0.692. The molecule has 2 N–H and O–H groups in total. The molecule has 1 unspecified atom stereocenters. The molecule has 0 aliphatic rings. The van der Waals surface area contributed by atoms with Crippen molar-refractivity contribution in [1.29, 1.82) is 5.26 Å². The van der Waals surface area contributed by atoms with Crippen LogP contribution in [0.1, 0.15) is 24.5 Å².